The van der Waals surface area contributed by atoms with E-state index in [1.807, 2.05) is 6.92 Å². The molecule has 0 aliphatic heterocycles. The zero-order valence-electron chi connectivity index (χ0n) is 15.3. The van der Waals surface area contributed by atoms with Crippen LogP contribution in [0.4, 0.5) is 0 Å². The van der Waals surface area contributed by atoms with Crippen LogP contribution in [0.25, 0.3) is 0 Å². The van der Waals surface area contributed by atoms with Gasteiger partial charge in [0.25, 0.3) is 0 Å². The number of carbonyl (C=O) groups excluding carboxylic acids is 1. The molecule has 5 nitrogen and oxygen atoms in total. The largest absolute Gasteiger partial charge is 0.357 e. The van der Waals surface area contributed by atoms with Crippen molar-refractivity contribution in [3.63, 3.8) is 0 Å². The fourth-order valence-corrected chi connectivity index (χ4v) is 3.24. The van der Waals surface area contributed by atoms with E-state index in [0.717, 1.165) is 31.3 Å². The van der Waals surface area contributed by atoms with Gasteiger partial charge in [0.2, 0.25) is 5.91 Å². The van der Waals surface area contributed by atoms with Crippen molar-refractivity contribution in [1.82, 2.24) is 16.0 Å². The summed E-state index contributed by atoms with van der Waals surface area (Å²) in [5, 5.41) is 9.65. The monoisotopic (exact) mass is 450 g/mol. The zero-order valence-corrected chi connectivity index (χ0v) is 17.6. The average molecular weight is 450 g/mol. The van der Waals surface area contributed by atoms with Gasteiger partial charge in [-0.3, -0.25) is 4.79 Å². The van der Waals surface area contributed by atoms with Gasteiger partial charge >= 0.3 is 0 Å². The Morgan fingerprint density at radius 1 is 1.17 bits per heavy atom. The summed E-state index contributed by atoms with van der Waals surface area (Å²) in [6, 6.07) is 0.795. The molecule has 0 aromatic carbocycles. The number of carbonyl (C=O) groups is 1. The molecule has 3 N–H and O–H groups in total. The molecule has 2 aliphatic carbocycles. The molecule has 0 spiro atoms. The number of nitrogens with one attached hydrogen (secondary N) is 3. The van der Waals surface area contributed by atoms with Crippen molar-refractivity contribution in [2.45, 2.75) is 83.7 Å². The first kappa shape index (κ1) is 21.5. The first-order valence-electron chi connectivity index (χ1n) is 9.51. The van der Waals surface area contributed by atoms with Gasteiger partial charge in [-0.15, -0.1) is 24.0 Å². The van der Waals surface area contributed by atoms with E-state index in [2.05, 4.69) is 27.9 Å². The molecule has 1 amide bonds. The molecule has 2 fully saturated rings. The van der Waals surface area contributed by atoms with Gasteiger partial charge in [-0.05, 0) is 45.4 Å². The minimum Gasteiger partial charge on any atom is -0.357 e. The predicted octanol–water partition coefficient (Wildman–Crippen LogP) is 3.19. The normalized spacial score (nSPS) is 20.0. The molecule has 0 aromatic heterocycles. The van der Waals surface area contributed by atoms with Crippen molar-refractivity contribution in [3.05, 3.63) is 0 Å². The third kappa shape index (κ3) is 9.08. The summed E-state index contributed by atoms with van der Waals surface area (Å²) in [4.78, 5) is 16.2. The number of rotatable bonds is 8. The predicted molar refractivity (Wildman–Crippen MR) is 111 cm³/mol. The van der Waals surface area contributed by atoms with Gasteiger partial charge in [-0.25, -0.2) is 4.99 Å². The SMILES string of the molecule is CCNC(=NCC(=O)NC1CC1)NC(C)CCC1CCCCC1.I. The Morgan fingerprint density at radius 3 is 2.50 bits per heavy atom. The molecule has 140 valence electrons. The van der Waals surface area contributed by atoms with Crippen molar-refractivity contribution in [3.8, 4) is 0 Å². The highest BCUT2D eigenvalue weighted by Crippen LogP contribution is 2.27. The second-order valence-corrected chi connectivity index (χ2v) is 7.16. The molecule has 0 aromatic rings. The maximum absolute atomic E-state index is 11.7. The van der Waals surface area contributed by atoms with Crippen molar-refractivity contribution < 1.29 is 4.79 Å². The standard InChI is InChI=1S/C18H34N4O.HI/c1-3-19-18(20-13-17(23)22-16-11-12-16)21-14(2)9-10-15-7-5-4-6-8-15;/h14-16H,3-13H2,1-2H3,(H,22,23)(H2,19,20,21);1H. The molecule has 24 heavy (non-hydrogen) atoms. The van der Waals surface area contributed by atoms with Crippen LogP contribution in [0.5, 0.6) is 0 Å². The summed E-state index contributed by atoms with van der Waals surface area (Å²) in [6.45, 7) is 5.28. The molecule has 2 rings (SSSR count). The highest BCUT2D eigenvalue weighted by Gasteiger charge is 2.23. The Hall–Kier alpha value is -0.530. The number of halogens is 1. The molecule has 0 heterocycles. The van der Waals surface area contributed by atoms with Crippen LogP contribution in [-0.4, -0.2) is 37.0 Å². The number of aliphatic imine (C=N–C) groups is 1. The van der Waals surface area contributed by atoms with E-state index in [9.17, 15) is 4.79 Å². The molecule has 0 radical (unpaired) electrons. The lowest BCUT2D eigenvalue weighted by molar-refractivity contribution is -0.119. The summed E-state index contributed by atoms with van der Waals surface area (Å²) in [6.07, 6.45) is 11.8. The smallest absolute Gasteiger partial charge is 0.242 e. The van der Waals surface area contributed by atoms with Crippen LogP contribution in [-0.2, 0) is 4.79 Å². The van der Waals surface area contributed by atoms with E-state index in [4.69, 9.17) is 0 Å². The summed E-state index contributed by atoms with van der Waals surface area (Å²) in [5.74, 6) is 1.70. The topological polar surface area (TPSA) is 65.5 Å². The maximum atomic E-state index is 11.7. The summed E-state index contributed by atoms with van der Waals surface area (Å²) in [5.41, 5.74) is 0. The Morgan fingerprint density at radius 2 is 1.88 bits per heavy atom. The van der Waals surface area contributed by atoms with Gasteiger partial charge in [0.1, 0.15) is 6.54 Å². The third-order valence-corrected chi connectivity index (χ3v) is 4.78. The molecule has 2 aliphatic rings. The number of nitrogens with zero attached hydrogens (tertiary/aromatic N) is 1. The van der Waals surface area contributed by atoms with Crippen LogP contribution >= 0.6 is 24.0 Å². The van der Waals surface area contributed by atoms with Gasteiger partial charge in [-0.1, -0.05) is 32.1 Å². The Kier molecular flexibility index (Phi) is 10.7. The number of hydrogen-bond acceptors (Lipinski definition) is 2. The van der Waals surface area contributed by atoms with Gasteiger partial charge in [0.05, 0.1) is 0 Å². The number of hydrogen-bond donors (Lipinski definition) is 3. The fraction of sp³-hybridized carbons (Fsp3) is 0.889. The minimum atomic E-state index is 0. The van der Waals surface area contributed by atoms with Crippen LogP contribution in [0.3, 0.4) is 0 Å². The summed E-state index contributed by atoms with van der Waals surface area (Å²) >= 11 is 0. The van der Waals surface area contributed by atoms with E-state index in [-0.39, 0.29) is 36.4 Å². The third-order valence-electron chi connectivity index (χ3n) is 4.78. The van der Waals surface area contributed by atoms with Crippen LogP contribution in [0.1, 0.15) is 71.6 Å². The van der Waals surface area contributed by atoms with Crippen LogP contribution < -0.4 is 16.0 Å². The van der Waals surface area contributed by atoms with Crippen molar-refractivity contribution in [2.24, 2.45) is 10.9 Å². The number of guanidine groups is 1. The lowest BCUT2D eigenvalue weighted by atomic mass is 9.85. The Bertz CT molecular complexity index is 392. The maximum Gasteiger partial charge on any atom is 0.242 e. The first-order chi connectivity index (χ1) is 11.2. The molecular formula is C18H35IN4O. The molecule has 2 saturated carbocycles. The van der Waals surface area contributed by atoms with E-state index in [1.165, 1.54) is 44.9 Å². The number of amides is 1. The molecule has 1 atom stereocenters. The molecule has 0 bridgehead atoms. The van der Waals surface area contributed by atoms with Crippen molar-refractivity contribution in [2.75, 3.05) is 13.1 Å². The second-order valence-electron chi connectivity index (χ2n) is 7.16. The summed E-state index contributed by atoms with van der Waals surface area (Å²) < 4.78 is 0. The van der Waals surface area contributed by atoms with Gasteiger partial charge in [-0.2, -0.15) is 0 Å². The molecule has 6 heteroatoms. The van der Waals surface area contributed by atoms with Crippen LogP contribution in [0, 0.1) is 5.92 Å². The lowest BCUT2D eigenvalue weighted by Crippen LogP contribution is -2.43. The fourth-order valence-electron chi connectivity index (χ4n) is 3.24. The van der Waals surface area contributed by atoms with Gasteiger partial charge in [0, 0.05) is 18.6 Å². The van der Waals surface area contributed by atoms with E-state index < -0.39 is 0 Å². The highest BCUT2D eigenvalue weighted by atomic mass is 127. The Labute approximate surface area is 164 Å². The van der Waals surface area contributed by atoms with Gasteiger partial charge < -0.3 is 16.0 Å². The molecular weight excluding hydrogens is 415 g/mol. The quantitative estimate of drug-likeness (QED) is 0.302. The first-order valence-corrected chi connectivity index (χ1v) is 9.51. The van der Waals surface area contributed by atoms with Gasteiger partial charge in [0.15, 0.2) is 5.96 Å². The highest BCUT2D eigenvalue weighted by molar-refractivity contribution is 14.0. The molecule has 0 saturated heterocycles. The average Bonchev–Trinajstić information content (AvgIpc) is 3.36. The van der Waals surface area contributed by atoms with E-state index in [1.54, 1.807) is 0 Å². The van der Waals surface area contributed by atoms with E-state index >= 15 is 0 Å². The molecule has 1 unspecified atom stereocenters. The summed E-state index contributed by atoms with van der Waals surface area (Å²) in [7, 11) is 0. The van der Waals surface area contributed by atoms with Crippen LogP contribution in [0.2, 0.25) is 0 Å². The lowest BCUT2D eigenvalue weighted by Gasteiger charge is -2.24. The van der Waals surface area contributed by atoms with Crippen molar-refractivity contribution in [1.29, 1.82) is 0 Å². The minimum absolute atomic E-state index is 0. The zero-order chi connectivity index (χ0) is 16.5. The van der Waals surface area contributed by atoms with Crippen LogP contribution in [0.15, 0.2) is 4.99 Å². The second kappa shape index (κ2) is 11.9. The van der Waals surface area contributed by atoms with Crippen molar-refractivity contribution >= 4 is 35.8 Å². The van der Waals surface area contributed by atoms with E-state index in [0.29, 0.717) is 12.1 Å². The Balaban J connectivity index is 0.00000288.